The van der Waals surface area contributed by atoms with Crippen LogP contribution in [0.1, 0.15) is 5.56 Å². The molecule has 0 bridgehead atoms. The monoisotopic (exact) mass is 504 g/mol. The lowest BCUT2D eigenvalue weighted by molar-refractivity contribution is 0.262. The van der Waals surface area contributed by atoms with E-state index < -0.39 is 0 Å². The van der Waals surface area contributed by atoms with Gasteiger partial charge in [0.05, 0.1) is 11.3 Å². The number of nitrogens with one attached hydrogen (secondary N) is 3. The number of aromatic nitrogens is 3. The zero-order chi connectivity index (χ0) is 23.2. The quantitative estimate of drug-likeness (QED) is 0.293. The number of hydrogen-bond donors (Lipinski definition) is 3. The summed E-state index contributed by atoms with van der Waals surface area (Å²) in [6, 6.07) is 18.0. The van der Waals surface area contributed by atoms with Crippen molar-refractivity contribution in [3.8, 4) is 22.9 Å². The number of halogens is 1. The van der Waals surface area contributed by atoms with Crippen molar-refractivity contribution in [3.63, 3.8) is 0 Å². The van der Waals surface area contributed by atoms with Crippen LogP contribution in [-0.2, 0) is 0 Å². The summed E-state index contributed by atoms with van der Waals surface area (Å²) in [5.74, 6) is 1.56. The maximum absolute atomic E-state index is 12.3. The summed E-state index contributed by atoms with van der Waals surface area (Å²) >= 11 is 3.39. The summed E-state index contributed by atoms with van der Waals surface area (Å²) < 4.78 is 7.00. The van der Waals surface area contributed by atoms with Gasteiger partial charge in [-0.15, -0.1) is 0 Å². The lowest BCUT2D eigenvalue weighted by atomic mass is 10.2. The zero-order valence-electron chi connectivity index (χ0n) is 18.0. The molecule has 3 N–H and O–H groups in total. The highest BCUT2D eigenvalue weighted by Crippen LogP contribution is 2.32. The van der Waals surface area contributed by atoms with Gasteiger partial charge >= 0.3 is 6.03 Å². The standard InChI is InChI=1S/C24H21BrN6O2/c1-15-13-18(30-24(32)29-17-6-3-5-16(25)14-17)8-9-21(15)33-22-19(7-4-11-27-22)20-10-12-28-23(26-2)31-20/h3-14H,1-2H3,(H,26,28,31)(H2,29,30,32). The van der Waals surface area contributed by atoms with Crippen molar-refractivity contribution in [2.24, 2.45) is 0 Å². The lowest BCUT2D eigenvalue weighted by Crippen LogP contribution is -2.19. The van der Waals surface area contributed by atoms with E-state index in [1.54, 1.807) is 37.6 Å². The number of ether oxygens (including phenoxy) is 1. The van der Waals surface area contributed by atoms with E-state index in [9.17, 15) is 4.79 Å². The van der Waals surface area contributed by atoms with Gasteiger partial charge in [-0.1, -0.05) is 22.0 Å². The Bertz CT molecular complexity index is 1300. The molecule has 0 aliphatic heterocycles. The minimum absolute atomic E-state index is 0.336. The Balaban J connectivity index is 1.50. The van der Waals surface area contributed by atoms with E-state index in [1.807, 2.05) is 49.4 Å². The highest BCUT2D eigenvalue weighted by Gasteiger charge is 2.13. The Morgan fingerprint density at radius 2 is 1.76 bits per heavy atom. The molecule has 2 aromatic heterocycles. The molecule has 0 aliphatic carbocycles. The fourth-order valence-electron chi connectivity index (χ4n) is 3.10. The molecule has 0 atom stereocenters. The first-order chi connectivity index (χ1) is 16.0. The third-order valence-corrected chi connectivity index (χ3v) is 5.14. The molecule has 2 aromatic carbocycles. The highest BCUT2D eigenvalue weighted by molar-refractivity contribution is 9.10. The molecule has 33 heavy (non-hydrogen) atoms. The van der Waals surface area contributed by atoms with Gasteiger partial charge in [0.15, 0.2) is 0 Å². The van der Waals surface area contributed by atoms with Crippen LogP contribution < -0.4 is 20.7 Å². The number of urea groups is 1. The molecule has 166 valence electrons. The number of aryl methyl sites for hydroxylation is 1. The summed E-state index contributed by atoms with van der Waals surface area (Å²) in [7, 11) is 1.76. The predicted molar refractivity (Wildman–Crippen MR) is 133 cm³/mol. The predicted octanol–water partition coefficient (Wildman–Crippen LogP) is 6.09. The average molecular weight is 505 g/mol. The van der Waals surface area contributed by atoms with Crippen LogP contribution >= 0.6 is 15.9 Å². The molecule has 0 fully saturated rings. The fraction of sp³-hybridized carbons (Fsp3) is 0.0833. The Morgan fingerprint density at radius 3 is 2.52 bits per heavy atom. The van der Waals surface area contributed by atoms with E-state index in [0.29, 0.717) is 34.6 Å². The number of carbonyl (C=O) groups excluding carboxylic acids is 1. The maximum Gasteiger partial charge on any atom is 0.323 e. The number of anilines is 3. The van der Waals surface area contributed by atoms with Crippen molar-refractivity contribution < 1.29 is 9.53 Å². The number of rotatable bonds is 6. The second-order valence-corrected chi connectivity index (χ2v) is 7.96. The second-order valence-electron chi connectivity index (χ2n) is 7.04. The molecule has 0 saturated carbocycles. The number of hydrogen-bond acceptors (Lipinski definition) is 6. The Morgan fingerprint density at radius 1 is 0.939 bits per heavy atom. The van der Waals surface area contributed by atoms with E-state index in [1.165, 1.54) is 0 Å². The van der Waals surface area contributed by atoms with E-state index in [-0.39, 0.29) is 6.03 Å². The van der Waals surface area contributed by atoms with Crippen molar-refractivity contribution in [2.75, 3.05) is 23.0 Å². The summed E-state index contributed by atoms with van der Waals surface area (Å²) in [4.78, 5) is 25.3. The van der Waals surface area contributed by atoms with Gasteiger partial charge in [-0.05, 0) is 67.1 Å². The smallest absolute Gasteiger partial charge is 0.323 e. The molecule has 4 aromatic rings. The van der Waals surface area contributed by atoms with Crippen LogP contribution in [-0.4, -0.2) is 28.0 Å². The highest BCUT2D eigenvalue weighted by atomic mass is 79.9. The molecule has 0 saturated heterocycles. The van der Waals surface area contributed by atoms with Gasteiger partial charge in [-0.25, -0.2) is 19.7 Å². The minimum Gasteiger partial charge on any atom is -0.438 e. The number of carbonyl (C=O) groups is 1. The van der Waals surface area contributed by atoms with Crippen molar-refractivity contribution in [2.45, 2.75) is 6.92 Å². The average Bonchev–Trinajstić information content (AvgIpc) is 2.81. The molecular weight excluding hydrogens is 484 g/mol. The Kier molecular flexibility index (Phi) is 6.80. The normalized spacial score (nSPS) is 10.4. The van der Waals surface area contributed by atoms with Crippen molar-refractivity contribution in [1.82, 2.24) is 15.0 Å². The van der Waals surface area contributed by atoms with E-state index >= 15 is 0 Å². The van der Waals surface area contributed by atoms with Gasteiger partial charge < -0.3 is 20.7 Å². The first-order valence-electron chi connectivity index (χ1n) is 10.1. The number of pyridine rings is 1. The molecule has 2 heterocycles. The van der Waals surface area contributed by atoms with E-state index in [0.717, 1.165) is 15.6 Å². The van der Waals surface area contributed by atoms with Crippen LogP contribution in [0.3, 0.4) is 0 Å². The Hall–Kier alpha value is -3.98. The molecular formula is C24H21BrN6O2. The summed E-state index contributed by atoms with van der Waals surface area (Å²) in [6.45, 7) is 1.90. The lowest BCUT2D eigenvalue weighted by Gasteiger charge is -2.13. The second kappa shape index (κ2) is 10.1. The third-order valence-electron chi connectivity index (χ3n) is 4.65. The number of benzene rings is 2. The van der Waals surface area contributed by atoms with Gasteiger partial charge in [-0.2, -0.15) is 0 Å². The number of amides is 2. The molecule has 4 rings (SSSR count). The largest absolute Gasteiger partial charge is 0.438 e. The van der Waals surface area contributed by atoms with Crippen LogP contribution in [0.4, 0.5) is 22.1 Å². The van der Waals surface area contributed by atoms with Crippen molar-refractivity contribution >= 4 is 39.3 Å². The van der Waals surface area contributed by atoms with Crippen molar-refractivity contribution in [1.29, 1.82) is 0 Å². The van der Waals surface area contributed by atoms with Crippen LogP contribution in [0.5, 0.6) is 11.6 Å². The van der Waals surface area contributed by atoms with Gasteiger partial charge in [0.2, 0.25) is 11.8 Å². The SMILES string of the molecule is CNc1nccc(-c2cccnc2Oc2ccc(NC(=O)Nc3cccc(Br)c3)cc2C)n1. The fourth-order valence-corrected chi connectivity index (χ4v) is 3.50. The summed E-state index contributed by atoms with van der Waals surface area (Å²) in [6.07, 6.45) is 3.34. The number of nitrogens with zero attached hydrogens (tertiary/aromatic N) is 3. The molecule has 0 unspecified atom stereocenters. The van der Waals surface area contributed by atoms with Crippen LogP contribution in [0.2, 0.25) is 0 Å². The molecule has 9 heteroatoms. The Labute approximate surface area is 199 Å². The van der Waals surface area contributed by atoms with E-state index in [4.69, 9.17) is 4.74 Å². The molecule has 0 spiro atoms. The van der Waals surface area contributed by atoms with E-state index in [2.05, 4.69) is 46.8 Å². The van der Waals surface area contributed by atoms with Crippen LogP contribution in [0.25, 0.3) is 11.3 Å². The third kappa shape index (κ3) is 5.64. The minimum atomic E-state index is -0.336. The van der Waals surface area contributed by atoms with Gasteiger partial charge in [0.1, 0.15) is 5.75 Å². The summed E-state index contributed by atoms with van der Waals surface area (Å²) in [5.41, 5.74) is 3.60. The first-order valence-corrected chi connectivity index (χ1v) is 10.9. The molecule has 8 nitrogen and oxygen atoms in total. The maximum atomic E-state index is 12.3. The molecule has 2 amide bonds. The van der Waals surface area contributed by atoms with Gasteiger partial charge in [-0.3, -0.25) is 0 Å². The van der Waals surface area contributed by atoms with Crippen LogP contribution in [0.15, 0.2) is 77.5 Å². The molecule has 0 radical (unpaired) electrons. The zero-order valence-corrected chi connectivity index (χ0v) is 19.6. The van der Waals surface area contributed by atoms with Gasteiger partial charge in [0, 0.05) is 35.3 Å². The van der Waals surface area contributed by atoms with Gasteiger partial charge in [0.25, 0.3) is 0 Å². The first kappa shape index (κ1) is 22.2. The molecule has 0 aliphatic rings. The van der Waals surface area contributed by atoms with Crippen LogP contribution in [0, 0.1) is 6.92 Å². The topological polar surface area (TPSA) is 101 Å². The summed E-state index contributed by atoms with van der Waals surface area (Å²) in [5, 5.41) is 8.56. The van der Waals surface area contributed by atoms with Crippen molar-refractivity contribution in [3.05, 3.63) is 83.1 Å².